The van der Waals surface area contributed by atoms with Crippen molar-refractivity contribution < 1.29 is 28.2 Å². The van der Waals surface area contributed by atoms with Crippen LogP contribution in [-0.4, -0.2) is 28.7 Å². The predicted octanol–water partition coefficient (Wildman–Crippen LogP) is 5.34. The first kappa shape index (κ1) is 24.7. The van der Waals surface area contributed by atoms with E-state index in [1.54, 1.807) is 55.6 Å². The van der Waals surface area contributed by atoms with Crippen molar-refractivity contribution in [3.05, 3.63) is 95.4 Å². The van der Waals surface area contributed by atoms with Gasteiger partial charge in [0.1, 0.15) is 23.1 Å². The van der Waals surface area contributed by atoms with E-state index in [1.807, 2.05) is 12.1 Å². The number of rotatable bonds is 8. The molecule has 3 aromatic carbocycles. The van der Waals surface area contributed by atoms with Crippen molar-refractivity contribution >= 4 is 28.4 Å². The molecule has 4 aromatic rings. The number of amides is 1. The van der Waals surface area contributed by atoms with Crippen LogP contribution in [0, 0.1) is 11.2 Å². The molecule has 7 nitrogen and oxygen atoms in total. The maximum atomic E-state index is 13.2. The van der Waals surface area contributed by atoms with Crippen LogP contribution < -0.4 is 14.8 Å². The number of carbonyl (C=O) groups is 3. The summed E-state index contributed by atoms with van der Waals surface area (Å²) in [5.41, 5.74) is 1.59. The van der Waals surface area contributed by atoms with Crippen LogP contribution in [0.15, 0.2) is 72.9 Å². The minimum atomic E-state index is -0.938. The van der Waals surface area contributed by atoms with Gasteiger partial charge in [0.05, 0.1) is 16.5 Å². The highest BCUT2D eigenvalue weighted by Gasteiger charge is 2.54. The molecule has 6 rings (SSSR count). The molecular weight excluding hydrogens is 499 g/mol. The minimum Gasteiger partial charge on any atom is -0.470 e. The van der Waals surface area contributed by atoms with Crippen LogP contribution in [0.2, 0.25) is 0 Å². The number of benzene rings is 3. The van der Waals surface area contributed by atoms with Crippen LogP contribution in [0.1, 0.15) is 41.3 Å². The molecule has 0 spiro atoms. The number of ether oxygens (including phenoxy) is 2. The second kappa shape index (κ2) is 9.62. The molecule has 0 radical (unpaired) electrons. The normalized spacial score (nSPS) is 17.1. The highest BCUT2D eigenvalue weighted by atomic mass is 19.1. The van der Waals surface area contributed by atoms with Gasteiger partial charge in [-0.25, -0.2) is 4.39 Å². The molecule has 1 fully saturated rings. The van der Waals surface area contributed by atoms with E-state index in [0.717, 1.165) is 5.56 Å². The van der Waals surface area contributed by atoms with Crippen LogP contribution in [0.5, 0.6) is 17.2 Å². The van der Waals surface area contributed by atoms with Gasteiger partial charge in [-0.15, -0.1) is 0 Å². The summed E-state index contributed by atoms with van der Waals surface area (Å²) in [6.07, 6.45) is 2.57. The van der Waals surface area contributed by atoms with E-state index in [0.29, 0.717) is 52.1 Å². The van der Waals surface area contributed by atoms with E-state index < -0.39 is 11.6 Å². The van der Waals surface area contributed by atoms with Crippen molar-refractivity contribution in [3.63, 3.8) is 0 Å². The minimum absolute atomic E-state index is 0.0944. The van der Waals surface area contributed by atoms with Gasteiger partial charge in [-0.2, -0.15) is 0 Å². The molecule has 1 aliphatic carbocycles. The van der Waals surface area contributed by atoms with Gasteiger partial charge < -0.3 is 14.8 Å². The van der Waals surface area contributed by atoms with Crippen LogP contribution >= 0.6 is 0 Å². The van der Waals surface area contributed by atoms with Crippen molar-refractivity contribution in [2.45, 2.75) is 38.8 Å². The number of Topliss-reactive ketones (excluding diaryl/α,β-unsaturated/α-hetero) is 2. The molecule has 1 aromatic heterocycles. The molecule has 1 N–H and O–H groups in total. The van der Waals surface area contributed by atoms with Crippen LogP contribution in [-0.2, 0) is 22.4 Å². The summed E-state index contributed by atoms with van der Waals surface area (Å²) in [7, 11) is 0. The fourth-order valence-corrected chi connectivity index (χ4v) is 4.95. The summed E-state index contributed by atoms with van der Waals surface area (Å²) < 4.78 is 25.0. The maximum Gasteiger partial charge on any atom is 0.257 e. The van der Waals surface area contributed by atoms with Crippen molar-refractivity contribution in [2.75, 3.05) is 0 Å². The van der Waals surface area contributed by atoms with Gasteiger partial charge in [0, 0.05) is 30.5 Å². The molecule has 0 bridgehead atoms. The number of hydrogen-bond donors (Lipinski definition) is 1. The first-order chi connectivity index (χ1) is 18.8. The Morgan fingerprint density at radius 2 is 1.64 bits per heavy atom. The molecule has 0 saturated heterocycles. The lowest BCUT2D eigenvalue weighted by atomic mass is 9.88. The summed E-state index contributed by atoms with van der Waals surface area (Å²) in [6.45, 7) is 1.76. The summed E-state index contributed by atoms with van der Waals surface area (Å²) in [4.78, 5) is 42.9. The van der Waals surface area contributed by atoms with Gasteiger partial charge in [0.2, 0.25) is 0 Å². The smallest absolute Gasteiger partial charge is 0.257 e. The first-order valence-corrected chi connectivity index (χ1v) is 12.8. The Bertz CT molecular complexity index is 1610. The lowest BCUT2D eigenvalue weighted by Crippen LogP contribution is -2.41. The zero-order valence-corrected chi connectivity index (χ0v) is 21.2. The van der Waals surface area contributed by atoms with E-state index in [2.05, 4.69) is 10.3 Å². The van der Waals surface area contributed by atoms with E-state index in [4.69, 9.17) is 9.47 Å². The Hall–Kier alpha value is -4.59. The quantitative estimate of drug-likeness (QED) is 0.313. The van der Waals surface area contributed by atoms with E-state index in [1.165, 1.54) is 12.1 Å². The number of pyridine rings is 1. The van der Waals surface area contributed by atoms with Gasteiger partial charge in [0.25, 0.3) is 5.91 Å². The Kier molecular flexibility index (Phi) is 6.10. The molecule has 8 heteroatoms. The monoisotopic (exact) mass is 524 g/mol. The molecular formula is C31H25FN2O5. The van der Waals surface area contributed by atoms with Crippen molar-refractivity contribution in [1.29, 1.82) is 0 Å². The second-order valence-electron chi connectivity index (χ2n) is 10.1. The number of nitrogens with one attached hydrogen (secondary N) is 1. The zero-order valence-electron chi connectivity index (χ0n) is 21.2. The Labute approximate surface area is 224 Å². The molecule has 1 atom stereocenters. The summed E-state index contributed by atoms with van der Waals surface area (Å²) in [6, 6.07) is 18.1. The Morgan fingerprint density at radius 3 is 2.28 bits per heavy atom. The molecule has 1 amide bonds. The van der Waals surface area contributed by atoms with Crippen LogP contribution in [0.3, 0.4) is 0 Å². The number of nitrogens with zero attached hydrogens (tertiary/aromatic N) is 1. The lowest BCUT2D eigenvalue weighted by molar-refractivity contribution is -0.133. The largest absolute Gasteiger partial charge is 0.470 e. The topological polar surface area (TPSA) is 94.6 Å². The third-order valence-corrected chi connectivity index (χ3v) is 7.30. The van der Waals surface area contributed by atoms with Crippen LogP contribution in [0.25, 0.3) is 10.9 Å². The van der Waals surface area contributed by atoms with Crippen molar-refractivity contribution in [1.82, 2.24) is 10.3 Å². The highest BCUT2D eigenvalue weighted by Crippen LogP contribution is 2.49. The third-order valence-electron chi connectivity index (χ3n) is 7.30. The number of hydrogen-bond acceptors (Lipinski definition) is 6. The van der Waals surface area contributed by atoms with Crippen LogP contribution in [0.4, 0.5) is 4.39 Å². The fourth-order valence-electron chi connectivity index (χ4n) is 4.95. The summed E-state index contributed by atoms with van der Waals surface area (Å²) >= 11 is 0. The van der Waals surface area contributed by atoms with Gasteiger partial charge in [-0.05, 0) is 67.3 Å². The van der Waals surface area contributed by atoms with Gasteiger partial charge >= 0.3 is 0 Å². The summed E-state index contributed by atoms with van der Waals surface area (Å²) in [5.74, 6) is 0.771. The Balaban J connectivity index is 1.15. The molecule has 2 aliphatic rings. The Morgan fingerprint density at radius 1 is 1.00 bits per heavy atom. The number of aromatic nitrogens is 1. The SMILES string of the molecule is CC1NC(=O)c2cc3c(Oc4ccc(CC(=O)C5(C(=O)Cc6ccc(F)cc6)CC5)cc4)ccnc3cc2O1. The average molecular weight is 525 g/mol. The van der Waals surface area contributed by atoms with Crippen molar-refractivity contribution in [3.8, 4) is 17.2 Å². The van der Waals surface area contributed by atoms with E-state index >= 15 is 0 Å². The highest BCUT2D eigenvalue weighted by molar-refractivity contribution is 6.11. The number of ketones is 2. The van der Waals surface area contributed by atoms with Crippen molar-refractivity contribution in [2.24, 2.45) is 5.41 Å². The average Bonchev–Trinajstić information content (AvgIpc) is 3.73. The number of carbonyl (C=O) groups excluding carboxylic acids is 3. The standard InChI is InChI=1S/C31H25FN2O5/c1-18-34-30(37)24-16-23-25(17-27(24)38-18)33-13-10-26(23)39-22-8-4-20(5-9-22)15-29(36)31(11-12-31)28(35)14-19-2-6-21(32)7-3-19/h2-10,13,16-18H,11-12,14-15H2,1H3,(H,34,37). The fraction of sp³-hybridized carbons (Fsp3) is 0.226. The van der Waals surface area contributed by atoms with Gasteiger partial charge in [-0.1, -0.05) is 24.3 Å². The van der Waals surface area contributed by atoms with E-state index in [-0.39, 0.29) is 36.1 Å². The van der Waals surface area contributed by atoms with Gasteiger partial charge in [0.15, 0.2) is 17.8 Å². The zero-order chi connectivity index (χ0) is 27.1. The first-order valence-electron chi connectivity index (χ1n) is 12.8. The molecule has 1 aliphatic heterocycles. The maximum absolute atomic E-state index is 13.2. The molecule has 1 unspecified atom stereocenters. The predicted molar refractivity (Wildman–Crippen MR) is 141 cm³/mol. The van der Waals surface area contributed by atoms with E-state index in [9.17, 15) is 18.8 Å². The molecule has 2 heterocycles. The molecule has 39 heavy (non-hydrogen) atoms. The number of fused-ring (bicyclic) bond motifs is 2. The summed E-state index contributed by atoms with van der Waals surface area (Å²) in [5, 5.41) is 3.41. The lowest BCUT2D eigenvalue weighted by Gasteiger charge is -2.24. The van der Waals surface area contributed by atoms with Gasteiger partial charge in [-0.3, -0.25) is 19.4 Å². The second-order valence-corrected chi connectivity index (χ2v) is 10.1. The number of halogens is 1. The molecule has 1 saturated carbocycles. The third kappa shape index (κ3) is 4.85. The molecule has 196 valence electrons.